The Balaban J connectivity index is 1.28. The van der Waals surface area contributed by atoms with Crippen molar-refractivity contribution in [3.8, 4) is 16.9 Å². The SMILES string of the molecule is Cc1cc2nc(C)c(Cc3ccccc3OC(F)F)n2cc1-c1cnc(N2C[C@@H]3[C@H](C2)[C@H]3C(=O)O)nc1. The summed E-state index contributed by atoms with van der Waals surface area (Å²) in [7, 11) is 0. The van der Waals surface area contributed by atoms with Crippen LogP contribution in [0.2, 0.25) is 0 Å². The molecular weight excluding hydrogens is 480 g/mol. The summed E-state index contributed by atoms with van der Waals surface area (Å²) in [5.74, 6) is 0.183. The van der Waals surface area contributed by atoms with Gasteiger partial charge in [-0.3, -0.25) is 4.79 Å². The average Bonchev–Trinajstić information content (AvgIpc) is 3.22. The molecule has 1 N–H and O–H groups in total. The number of ether oxygens (including phenoxy) is 1. The van der Waals surface area contributed by atoms with Gasteiger partial charge in [0.25, 0.3) is 0 Å². The van der Waals surface area contributed by atoms with Gasteiger partial charge in [-0.1, -0.05) is 18.2 Å². The van der Waals surface area contributed by atoms with Crippen molar-refractivity contribution in [3.05, 3.63) is 71.4 Å². The summed E-state index contributed by atoms with van der Waals surface area (Å²) in [4.78, 5) is 27.1. The molecule has 4 aromatic rings. The van der Waals surface area contributed by atoms with Crippen LogP contribution in [0.5, 0.6) is 5.75 Å². The summed E-state index contributed by atoms with van der Waals surface area (Å²) in [5, 5.41) is 9.24. The number of aryl methyl sites for hydroxylation is 2. The number of rotatable bonds is 7. The first-order chi connectivity index (χ1) is 17.8. The number of benzene rings is 1. The lowest BCUT2D eigenvalue weighted by atomic mass is 10.1. The maximum Gasteiger partial charge on any atom is 0.387 e. The van der Waals surface area contributed by atoms with Crippen LogP contribution in [0.25, 0.3) is 16.8 Å². The number of carboxylic acids is 1. The number of fused-ring (bicyclic) bond motifs is 2. The van der Waals surface area contributed by atoms with Crippen molar-refractivity contribution >= 4 is 17.6 Å². The highest BCUT2D eigenvalue weighted by atomic mass is 19.3. The lowest BCUT2D eigenvalue weighted by Crippen LogP contribution is -2.27. The minimum Gasteiger partial charge on any atom is -0.481 e. The molecule has 10 heteroatoms. The number of imidazole rings is 1. The van der Waals surface area contributed by atoms with E-state index in [2.05, 4.69) is 15.0 Å². The van der Waals surface area contributed by atoms with E-state index >= 15 is 0 Å². The minimum atomic E-state index is -2.90. The fourth-order valence-corrected chi connectivity index (χ4v) is 5.59. The van der Waals surface area contributed by atoms with E-state index in [1.54, 1.807) is 36.7 Å². The number of halogens is 2. The Labute approximate surface area is 211 Å². The number of carboxylic acid groups (broad SMARTS) is 1. The molecule has 3 atom stereocenters. The van der Waals surface area contributed by atoms with Gasteiger partial charge in [0.1, 0.15) is 11.4 Å². The first kappa shape index (κ1) is 23.3. The van der Waals surface area contributed by atoms with Crippen molar-refractivity contribution in [2.24, 2.45) is 17.8 Å². The van der Waals surface area contributed by atoms with Gasteiger partial charge in [-0.15, -0.1) is 0 Å². The topological polar surface area (TPSA) is 92.9 Å². The monoisotopic (exact) mass is 505 g/mol. The molecule has 6 rings (SSSR count). The predicted octanol–water partition coefficient (Wildman–Crippen LogP) is 4.37. The quantitative estimate of drug-likeness (QED) is 0.399. The number of anilines is 1. The van der Waals surface area contributed by atoms with Crippen molar-refractivity contribution < 1.29 is 23.4 Å². The van der Waals surface area contributed by atoms with Gasteiger partial charge in [0.15, 0.2) is 0 Å². The third-order valence-electron chi connectivity index (χ3n) is 7.52. The second kappa shape index (κ2) is 8.79. The maximum absolute atomic E-state index is 12.9. The number of para-hydroxylation sites is 1. The van der Waals surface area contributed by atoms with Crippen LogP contribution in [0.15, 0.2) is 48.9 Å². The molecule has 1 aliphatic heterocycles. The zero-order valence-corrected chi connectivity index (χ0v) is 20.3. The molecule has 3 aromatic heterocycles. The van der Waals surface area contributed by atoms with Gasteiger partial charge >= 0.3 is 12.6 Å². The van der Waals surface area contributed by atoms with Gasteiger partial charge < -0.3 is 19.1 Å². The van der Waals surface area contributed by atoms with E-state index in [0.717, 1.165) is 33.7 Å². The summed E-state index contributed by atoms with van der Waals surface area (Å²) in [5.41, 5.74) is 5.89. The Morgan fingerprint density at radius 3 is 2.54 bits per heavy atom. The van der Waals surface area contributed by atoms with Crippen molar-refractivity contribution in [2.75, 3.05) is 18.0 Å². The van der Waals surface area contributed by atoms with Gasteiger partial charge in [-0.2, -0.15) is 8.78 Å². The van der Waals surface area contributed by atoms with E-state index in [9.17, 15) is 18.7 Å². The number of pyridine rings is 1. The Kier molecular flexibility index (Phi) is 5.54. The number of aliphatic carboxylic acids is 1. The lowest BCUT2D eigenvalue weighted by Gasteiger charge is -2.19. The van der Waals surface area contributed by atoms with E-state index in [4.69, 9.17) is 4.74 Å². The molecule has 1 aliphatic carbocycles. The molecule has 0 radical (unpaired) electrons. The third-order valence-corrected chi connectivity index (χ3v) is 7.52. The van der Waals surface area contributed by atoms with E-state index in [1.165, 1.54) is 0 Å². The highest BCUT2D eigenvalue weighted by Gasteiger charge is 2.60. The summed E-state index contributed by atoms with van der Waals surface area (Å²) in [6, 6.07) is 8.77. The van der Waals surface area contributed by atoms with Crippen LogP contribution in [0.1, 0.15) is 22.5 Å². The lowest BCUT2D eigenvalue weighted by molar-refractivity contribution is -0.139. The molecule has 1 saturated heterocycles. The molecule has 1 saturated carbocycles. The highest BCUT2D eigenvalue weighted by molar-refractivity contribution is 5.75. The zero-order valence-electron chi connectivity index (χ0n) is 20.3. The number of carbonyl (C=O) groups is 1. The second-order valence-electron chi connectivity index (χ2n) is 9.77. The number of hydrogen-bond acceptors (Lipinski definition) is 6. The van der Waals surface area contributed by atoms with E-state index in [0.29, 0.717) is 31.0 Å². The van der Waals surface area contributed by atoms with Crippen molar-refractivity contribution in [1.29, 1.82) is 0 Å². The molecule has 190 valence electrons. The number of nitrogens with zero attached hydrogens (tertiary/aromatic N) is 5. The maximum atomic E-state index is 12.9. The zero-order chi connectivity index (χ0) is 25.8. The average molecular weight is 506 g/mol. The molecule has 0 unspecified atom stereocenters. The van der Waals surface area contributed by atoms with Crippen molar-refractivity contribution in [1.82, 2.24) is 19.4 Å². The fraction of sp³-hybridized carbons (Fsp3) is 0.333. The molecule has 1 aromatic carbocycles. The Bertz CT molecular complexity index is 1490. The van der Waals surface area contributed by atoms with Gasteiger partial charge in [0.05, 0.1) is 11.6 Å². The van der Waals surface area contributed by atoms with E-state index in [-0.39, 0.29) is 23.5 Å². The predicted molar refractivity (Wildman–Crippen MR) is 132 cm³/mol. The van der Waals surface area contributed by atoms with Gasteiger partial charge in [-0.25, -0.2) is 15.0 Å². The number of aromatic nitrogens is 4. The molecule has 0 amide bonds. The Morgan fingerprint density at radius 2 is 1.86 bits per heavy atom. The molecule has 2 fully saturated rings. The van der Waals surface area contributed by atoms with Crippen molar-refractivity contribution in [2.45, 2.75) is 26.9 Å². The Morgan fingerprint density at radius 1 is 1.16 bits per heavy atom. The van der Waals surface area contributed by atoms with Crippen LogP contribution in [0.4, 0.5) is 14.7 Å². The minimum absolute atomic E-state index is 0.150. The largest absolute Gasteiger partial charge is 0.481 e. The van der Waals surface area contributed by atoms with Gasteiger partial charge in [0, 0.05) is 60.5 Å². The molecule has 8 nitrogen and oxygen atoms in total. The van der Waals surface area contributed by atoms with Crippen molar-refractivity contribution in [3.63, 3.8) is 0 Å². The molecule has 2 aliphatic rings. The fourth-order valence-electron chi connectivity index (χ4n) is 5.59. The van der Waals surface area contributed by atoms with Crippen LogP contribution in [0, 0.1) is 31.6 Å². The van der Waals surface area contributed by atoms with Gasteiger partial charge in [-0.05, 0) is 43.4 Å². The standard InChI is InChI=1S/C27H25F2N5O3/c1-14-7-23-32-15(2)21(8-16-5-3-4-6-22(16)37-26(28)29)34(23)13-18(14)17-9-30-27(31-10-17)33-11-19-20(12-33)24(19)25(35)36/h3-7,9-10,13,19-20,24,26H,8,11-12H2,1-2H3,(H,35,36)/t19-,20+,24+. The third kappa shape index (κ3) is 4.16. The molecule has 37 heavy (non-hydrogen) atoms. The first-order valence-corrected chi connectivity index (χ1v) is 12.1. The van der Waals surface area contributed by atoms with Gasteiger partial charge in [0.2, 0.25) is 5.95 Å². The van der Waals surface area contributed by atoms with E-state index < -0.39 is 12.6 Å². The highest BCUT2D eigenvalue weighted by Crippen LogP contribution is 2.52. The van der Waals surface area contributed by atoms with Crippen LogP contribution in [0.3, 0.4) is 0 Å². The molecule has 4 heterocycles. The normalized spacial score (nSPS) is 20.5. The summed E-state index contributed by atoms with van der Waals surface area (Å²) in [6.07, 6.45) is 5.93. The van der Waals surface area contributed by atoms with E-state index in [1.807, 2.05) is 35.4 Å². The summed E-state index contributed by atoms with van der Waals surface area (Å²) >= 11 is 0. The smallest absolute Gasteiger partial charge is 0.387 e. The van der Waals surface area contributed by atoms with Crippen LogP contribution >= 0.6 is 0 Å². The summed E-state index contributed by atoms with van der Waals surface area (Å²) in [6.45, 7) is 2.34. The number of alkyl halides is 2. The molecule has 0 bridgehead atoms. The first-order valence-electron chi connectivity index (χ1n) is 12.1. The number of hydrogen-bond donors (Lipinski definition) is 1. The van der Waals surface area contributed by atoms with Crippen LogP contribution in [-0.2, 0) is 11.2 Å². The molecular formula is C27H25F2N5O3. The Hall–Kier alpha value is -4.08. The second-order valence-corrected chi connectivity index (χ2v) is 9.77. The van der Waals surface area contributed by atoms with Crippen LogP contribution in [-0.4, -0.2) is 50.1 Å². The van der Waals surface area contributed by atoms with Crippen LogP contribution < -0.4 is 9.64 Å². The summed E-state index contributed by atoms with van der Waals surface area (Å²) < 4.78 is 32.5. The molecule has 0 spiro atoms. The number of piperidine rings is 1.